The smallest absolute Gasteiger partial charge is 0.271 e. The van der Waals surface area contributed by atoms with Crippen molar-refractivity contribution >= 4 is 21.6 Å². The molecule has 0 aliphatic carbocycles. The third-order valence-corrected chi connectivity index (χ3v) is 4.39. The van der Waals surface area contributed by atoms with E-state index >= 15 is 0 Å². The molecule has 3 aromatic rings. The molecule has 22 heavy (non-hydrogen) atoms. The van der Waals surface area contributed by atoms with E-state index in [0.29, 0.717) is 28.9 Å². The predicted molar refractivity (Wildman–Crippen MR) is 84.0 cm³/mol. The first-order valence-electron chi connectivity index (χ1n) is 6.64. The van der Waals surface area contributed by atoms with Crippen molar-refractivity contribution in [3.05, 3.63) is 61.9 Å². The van der Waals surface area contributed by atoms with Crippen molar-refractivity contribution in [2.45, 2.75) is 20.0 Å². The van der Waals surface area contributed by atoms with Crippen molar-refractivity contribution in [3.63, 3.8) is 0 Å². The zero-order valence-corrected chi connectivity index (χ0v) is 12.6. The number of hydrogen-bond acceptors (Lipinski definition) is 5. The molecular formula is C15H12N4O2S. The van der Waals surface area contributed by atoms with Crippen molar-refractivity contribution in [3.8, 4) is 6.07 Å². The lowest BCUT2D eigenvalue weighted by atomic mass is 10.2. The molecule has 0 radical (unpaired) electrons. The van der Waals surface area contributed by atoms with Crippen molar-refractivity contribution in [2.75, 3.05) is 0 Å². The molecule has 0 unspecified atom stereocenters. The van der Waals surface area contributed by atoms with Gasteiger partial charge in [-0.15, -0.1) is 11.3 Å². The van der Waals surface area contributed by atoms with Crippen LogP contribution in [0.4, 0.5) is 0 Å². The second kappa shape index (κ2) is 5.58. The number of pyridine rings is 1. The largest absolute Gasteiger partial charge is 0.313 e. The van der Waals surface area contributed by atoms with Gasteiger partial charge in [0.1, 0.15) is 16.3 Å². The maximum atomic E-state index is 12.3. The lowest BCUT2D eigenvalue weighted by Crippen LogP contribution is -2.28. The molecule has 0 atom stereocenters. The van der Waals surface area contributed by atoms with E-state index in [1.54, 1.807) is 25.3 Å². The average molecular weight is 312 g/mol. The van der Waals surface area contributed by atoms with Gasteiger partial charge in [-0.2, -0.15) is 5.26 Å². The number of nitrogens with zero attached hydrogens (tertiary/aromatic N) is 4. The second-order valence-electron chi connectivity index (χ2n) is 4.86. The summed E-state index contributed by atoms with van der Waals surface area (Å²) in [5.74, 6) is 0. The Bertz CT molecular complexity index is 1010. The van der Waals surface area contributed by atoms with Crippen LogP contribution in [-0.4, -0.2) is 14.1 Å². The van der Waals surface area contributed by atoms with Gasteiger partial charge in [-0.3, -0.25) is 14.2 Å². The van der Waals surface area contributed by atoms with Crippen molar-refractivity contribution in [2.24, 2.45) is 0 Å². The van der Waals surface area contributed by atoms with Gasteiger partial charge in [0.2, 0.25) is 0 Å². The fourth-order valence-corrected chi connectivity index (χ4v) is 3.02. The highest BCUT2D eigenvalue weighted by Crippen LogP contribution is 2.13. The number of nitriles is 1. The Hall–Kier alpha value is -2.72. The van der Waals surface area contributed by atoms with Crippen LogP contribution in [0, 0.1) is 18.3 Å². The summed E-state index contributed by atoms with van der Waals surface area (Å²) in [6, 6.07) is 5.45. The first kappa shape index (κ1) is 14.2. The zero-order valence-electron chi connectivity index (χ0n) is 11.8. The minimum Gasteiger partial charge on any atom is -0.313 e. The molecule has 0 amide bonds. The van der Waals surface area contributed by atoms with E-state index in [9.17, 15) is 9.59 Å². The molecule has 3 aromatic heterocycles. The van der Waals surface area contributed by atoms with E-state index in [-0.39, 0.29) is 16.7 Å². The molecule has 0 saturated heterocycles. The standard InChI is InChI=1S/C15H12N4O2S/c1-10-2-4-18(14(20)11(10)8-16)5-6-19-9-17-12-3-7-22-13(12)15(19)21/h2-4,7,9H,5-6H2,1H3. The molecule has 0 N–H and O–H groups in total. The quantitative estimate of drug-likeness (QED) is 0.734. The summed E-state index contributed by atoms with van der Waals surface area (Å²) < 4.78 is 3.53. The van der Waals surface area contributed by atoms with Crippen LogP contribution in [0.2, 0.25) is 0 Å². The van der Waals surface area contributed by atoms with Crippen LogP contribution in [0.5, 0.6) is 0 Å². The van der Waals surface area contributed by atoms with Crippen molar-refractivity contribution in [1.29, 1.82) is 5.26 Å². The van der Waals surface area contributed by atoms with Crippen LogP contribution in [0.3, 0.4) is 0 Å². The summed E-state index contributed by atoms with van der Waals surface area (Å²) in [7, 11) is 0. The predicted octanol–water partition coefficient (Wildman–Crippen LogP) is 1.50. The minimum atomic E-state index is -0.333. The molecule has 3 rings (SSSR count). The molecule has 0 aliphatic heterocycles. The maximum Gasteiger partial charge on any atom is 0.271 e. The molecule has 0 aliphatic rings. The third-order valence-electron chi connectivity index (χ3n) is 3.50. The third kappa shape index (κ3) is 2.34. The topological polar surface area (TPSA) is 80.7 Å². The number of thiophene rings is 1. The fraction of sp³-hybridized carbons (Fsp3) is 0.200. The average Bonchev–Trinajstić information content (AvgIpc) is 2.98. The molecule has 7 heteroatoms. The van der Waals surface area contributed by atoms with Gasteiger partial charge in [0, 0.05) is 19.3 Å². The lowest BCUT2D eigenvalue weighted by molar-refractivity contribution is 0.549. The van der Waals surface area contributed by atoms with Gasteiger partial charge < -0.3 is 4.57 Å². The molecule has 0 saturated carbocycles. The molecule has 0 fully saturated rings. The van der Waals surface area contributed by atoms with E-state index in [1.165, 1.54) is 26.8 Å². The van der Waals surface area contributed by atoms with E-state index in [2.05, 4.69) is 4.98 Å². The van der Waals surface area contributed by atoms with Gasteiger partial charge in [-0.1, -0.05) is 0 Å². The van der Waals surface area contributed by atoms with E-state index in [0.717, 1.165) is 0 Å². The number of aromatic nitrogens is 3. The number of rotatable bonds is 3. The first-order valence-corrected chi connectivity index (χ1v) is 7.52. The van der Waals surface area contributed by atoms with Crippen LogP contribution < -0.4 is 11.1 Å². The van der Waals surface area contributed by atoms with E-state index < -0.39 is 0 Å². The maximum absolute atomic E-state index is 12.3. The van der Waals surface area contributed by atoms with Crippen molar-refractivity contribution in [1.82, 2.24) is 14.1 Å². The van der Waals surface area contributed by atoms with Crippen LogP contribution in [0.25, 0.3) is 10.2 Å². The summed E-state index contributed by atoms with van der Waals surface area (Å²) in [6.07, 6.45) is 3.13. The SMILES string of the molecule is Cc1ccn(CCn2cnc3ccsc3c2=O)c(=O)c1C#N. The normalized spacial score (nSPS) is 10.7. The Morgan fingerprint density at radius 3 is 2.77 bits per heavy atom. The highest BCUT2D eigenvalue weighted by atomic mass is 32.1. The molecule has 3 heterocycles. The van der Waals surface area contributed by atoms with Crippen LogP contribution in [0.15, 0.2) is 39.6 Å². The van der Waals surface area contributed by atoms with E-state index in [4.69, 9.17) is 5.26 Å². The Balaban J connectivity index is 1.92. The zero-order chi connectivity index (χ0) is 15.7. The summed E-state index contributed by atoms with van der Waals surface area (Å²) in [4.78, 5) is 28.6. The van der Waals surface area contributed by atoms with Crippen LogP contribution >= 0.6 is 11.3 Å². The Kier molecular flexibility index (Phi) is 3.61. The summed E-state index contributed by atoms with van der Waals surface area (Å²) in [6.45, 7) is 2.36. The number of aryl methyl sites for hydroxylation is 3. The summed E-state index contributed by atoms with van der Waals surface area (Å²) >= 11 is 1.35. The highest BCUT2D eigenvalue weighted by Gasteiger charge is 2.08. The van der Waals surface area contributed by atoms with Gasteiger partial charge in [0.05, 0.1) is 11.8 Å². The molecule has 0 spiro atoms. The van der Waals surface area contributed by atoms with E-state index in [1.807, 2.05) is 11.4 Å². The summed E-state index contributed by atoms with van der Waals surface area (Å²) in [5.41, 5.74) is 1.04. The molecule has 6 nitrogen and oxygen atoms in total. The molecular weight excluding hydrogens is 300 g/mol. The molecule has 0 aromatic carbocycles. The Morgan fingerprint density at radius 2 is 2.00 bits per heavy atom. The van der Waals surface area contributed by atoms with Crippen LogP contribution in [-0.2, 0) is 13.1 Å². The molecule has 110 valence electrons. The number of hydrogen-bond donors (Lipinski definition) is 0. The van der Waals surface area contributed by atoms with Gasteiger partial charge in [0.25, 0.3) is 11.1 Å². The van der Waals surface area contributed by atoms with Gasteiger partial charge in [0.15, 0.2) is 0 Å². The van der Waals surface area contributed by atoms with Crippen molar-refractivity contribution < 1.29 is 0 Å². The fourth-order valence-electron chi connectivity index (χ4n) is 2.23. The van der Waals surface area contributed by atoms with Gasteiger partial charge >= 0.3 is 0 Å². The summed E-state index contributed by atoms with van der Waals surface area (Å²) in [5, 5.41) is 10.8. The second-order valence-corrected chi connectivity index (χ2v) is 5.78. The lowest BCUT2D eigenvalue weighted by Gasteiger charge is -2.09. The molecule has 0 bridgehead atoms. The Morgan fingerprint density at radius 1 is 1.23 bits per heavy atom. The monoisotopic (exact) mass is 312 g/mol. The number of fused-ring (bicyclic) bond motifs is 1. The first-order chi connectivity index (χ1) is 10.6. The highest BCUT2D eigenvalue weighted by molar-refractivity contribution is 7.17. The minimum absolute atomic E-state index is 0.110. The Labute approximate surface area is 129 Å². The van der Waals surface area contributed by atoms with Crippen LogP contribution in [0.1, 0.15) is 11.1 Å². The van der Waals surface area contributed by atoms with Gasteiger partial charge in [-0.25, -0.2) is 4.98 Å². The van der Waals surface area contributed by atoms with Gasteiger partial charge in [-0.05, 0) is 30.0 Å².